The van der Waals surface area contributed by atoms with Gasteiger partial charge in [0.25, 0.3) is 0 Å². The lowest BCUT2D eigenvalue weighted by Gasteiger charge is -2.09. The van der Waals surface area contributed by atoms with E-state index < -0.39 is 6.10 Å². The molecule has 2 aromatic rings. The molecule has 0 amide bonds. The number of halogens is 2. The largest absolute Gasteiger partial charge is 0.387 e. The summed E-state index contributed by atoms with van der Waals surface area (Å²) in [5, 5.41) is 12.5. The first-order chi connectivity index (χ1) is 8.16. The molecule has 0 saturated carbocycles. The van der Waals surface area contributed by atoms with Crippen molar-refractivity contribution in [3.63, 3.8) is 0 Å². The summed E-state index contributed by atoms with van der Waals surface area (Å²) in [5.41, 5.74) is 0. The van der Waals surface area contributed by atoms with Gasteiger partial charge in [-0.25, -0.2) is 0 Å². The maximum Gasteiger partial charge on any atom is 0.0990 e. The Bertz CT molecular complexity index is 484. The smallest absolute Gasteiger partial charge is 0.0990 e. The molecule has 0 aliphatic carbocycles. The van der Waals surface area contributed by atoms with Gasteiger partial charge in [0, 0.05) is 15.1 Å². The van der Waals surface area contributed by atoms with Gasteiger partial charge in [0.15, 0.2) is 0 Å². The fourth-order valence-electron chi connectivity index (χ4n) is 1.32. The Morgan fingerprint density at radius 3 is 2.59 bits per heavy atom. The maximum atomic E-state index is 10.0. The van der Waals surface area contributed by atoms with Gasteiger partial charge in [-0.2, -0.15) is 0 Å². The molecule has 1 atom stereocenters. The van der Waals surface area contributed by atoms with Crippen LogP contribution in [-0.2, 0) is 0 Å². The molecule has 90 valence electrons. The van der Waals surface area contributed by atoms with Gasteiger partial charge in [-0.3, -0.25) is 0 Å². The first-order valence-electron chi connectivity index (χ1n) is 4.96. The number of aliphatic hydroxyl groups excluding tert-OH is 1. The molecule has 0 aliphatic heterocycles. The van der Waals surface area contributed by atoms with E-state index in [2.05, 4.69) is 15.9 Å². The third kappa shape index (κ3) is 3.73. The van der Waals surface area contributed by atoms with E-state index in [1.54, 1.807) is 11.8 Å². The molecule has 1 heterocycles. The van der Waals surface area contributed by atoms with Gasteiger partial charge in [-0.05, 0) is 35.7 Å². The number of hydrogen-bond donors (Lipinski definition) is 1. The molecule has 1 N–H and O–H groups in total. The maximum absolute atomic E-state index is 10.0. The van der Waals surface area contributed by atoms with Crippen molar-refractivity contribution in [2.24, 2.45) is 0 Å². The molecule has 0 saturated heterocycles. The lowest BCUT2D eigenvalue weighted by Crippen LogP contribution is -1.98. The molecule has 5 heteroatoms. The van der Waals surface area contributed by atoms with Crippen molar-refractivity contribution in [1.29, 1.82) is 0 Å². The highest BCUT2D eigenvalue weighted by atomic mass is 79.9. The summed E-state index contributed by atoms with van der Waals surface area (Å²) in [5.74, 6) is 0.613. The van der Waals surface area contributed by atoms with Crippen LogP contribution in [0.25, 0.3) is 0 Å². The number of thioether (sulfide) groups is 1. The molecule has 0 spiro atoms. The predicted octanol–water partition coefficient (Wildman–Crippen LogP) is 4.99. The summed E-state index contributed by atoms with van der Waals surface area (Å²) in [6.45, 7) is 0. The van der Waals surface area contributed by atoms with Crippen molar-refractivity contribution < 1.29 is 5.11 Å². The molecule has 0 bridgehead atoms. The Kier molecular flexibility index (Phi) is 4.94. The Labute approximate surface area is 122 Å². The second-order valence-corrected chi connectivity index (χ2v) is 6.78. The van der Waals surface area contributed by atoms with Gasteiger partial charge in [0.05, 0.1) is 16.0 Å². The zero-order valence-corrected chi connectivity index (χ0v) is 12.7. The number of hydrogen-bond acceptors (Lipinski definition) is 3. The van der Waals surface area contributed by atoms with Crippen LogP contribution in [0.2, 0.25) is 5.02 Å². The Hall–Kier alpha value is -0.0000000000000000555. The molecule has 2 rings (SSSR count). The van der Waals surface area contributed by atoms with Crippen LogP contribution < -0.4 is 0 Å². The van der Waals surface area contributed by atoms with E-state index in [0.717, 1.165) is 14.2 Å². The van der Waals surface area contributed by atoms with Crippen LogP contribution in [0.5, 0.6) is 0 Å². The molecule has 1 aromatic heterocycles. The minimum Gasteiger partial charge on any atom is -0.387 e. The van der Waals surface area contributed by atoms with Crippen molar-refractivity contribution in [2.75, 3.05) is 5.75 Å². The van der Waals surface area contributed by atoms with E-state index in [1.165, 1.54) is 11.3 Å². The van der Waals surface area contributed by atoms with Crippen LogP contribution in [0, 0.1) is 0 Å². The highest BCUT2D eigenvalue weighted by molar-refractivity contribution is 9.10. The summed E-state index contributed by atoms with van der Waals surface area (Å²) >= 11 is 12.5. The van der Waals surface area contributed by atoms with Crippen molar-refractivity contribution >= 4 is 50.6 Å². The highest BCUT2D eigenvalue weighted by Crippen LogP contribution is 2.32. The van der Waals surface area contributed by atoms with E-state index in [9.17, 15) is 5.11 Å². The first-order valence-corrected chi connectivity index (χ1v) is 8.00. The van der Waals surface area contributed by atoms with Gasteiger partial charge in [0.2, 0.25) is 0 Å². The van der Waals surface area contributed by atoms with Crippen molar-refractivity contribution in [2.45, 2.75) is 11.0 Å². The zero-order valence-electron chi connectivity index (χ0n) is 8.77. The number of rotatable bonds is 4. The van der Waals surface area contributed by atoms with Crippen molar-refractivity contribution in [3.05, 3.63) is 50.1 Å². The monoisotopic (exact) mass is 348 g/mol. The zero-order chi connectivity index (χ0) is 12.3. The van der Waals surface area contributed by atoms with Crippen LogP contribution in [0.3, 0.4) is 0 Å². The summed E-state index contributed by atoms with van der Waals surface area (Å²) in [6, 6.07) is 9.85. The number of aliphatic hydroxyl groups is 1. The molecule has 1 unspecified atom stereocenters. The molecule has 0 aliphatic rings. The lowest BCUT2D eigenvalue weighted by molar-refractivity contribution is 0.208. The van der Waals surface area contributed by atoms with E-state index >= 15 is 0 Å². The van der Waals surface area contributed by atoms with E-state index in [4.69, 9.17) is 11.6 Å². The minimum atomic E-state index is -0.504. The normalized spacial score (nSPS) is 12.6. The molecule has 1 aromatic carbocycles. The molecule has 1 nitrogen and oxygen atoms in total. The number of thiophene rings is 1. The second-order valence-electron chi connectivity index (χ2n) is 3.41. The van der Waals surface area contributed by atoms with Crippen LogP contribution >= 0.6 is 50.6 Å². The average Bonchev–Trinajstić information content (AvgIpc) is 2.74. The van der Waals surface area contributed by atoms with Gasteiger partial charge < -0.3 is 5.11 Å². The van der Waals surface area contributed by atoms with Crippen LogP contribution in [-0.4, -0.2) is 10.9 Å². The van der Waals surface area contributed by atoms with Gasteiger partial charge >= 0.3 is 0 Å². The van der Waals surface area contributed by atoms with Crippen LogP contribution in [0.4, 0.5) is 0 Å². The quantitative estimate of drug-likeness (QED) is 0.785. The van der Waals surface area contributed by atoms with E-state index in [1.807, 2.05) is 35.7 Å². The minimum absolute atomic E-state index is 0.504. The van der Waals surface area contributed by atoms with Crippen molar-refractivity contribution in [3.8, 4) is 0 Å². The fourth-order valence-corrected chi connectivity index (χ4v) is 3.71. The average molecular weight is 350 g/mol. The van der Waals surface area contributed by atoms with Crippen LogP contribution in [0.15, 0.2) is 45.1 Å². The van der Waals surface area contributed by atoms with E-state index in [-0.39, 0.29) is 0 Å². The predicted molar refractivity (Wildman–Crippen MR) is 79.2 cm³/mol. The molecule has 17 heavy (non-hydrogen) atoms. The first kappa shape index (κ1) is 13.4. The fraction of sp³-hybridized carbons (Fsp3) is 0.167. The van der Waals surface area contributed by atoms with Crippen molar-refractivity contribution in [1.82, 2.24) is 0 Å². The Balaban J connectivity index is 1.94. The highest BCUT2D eigenvalue weighted by Gasteiger charge is 2.13. The molecular formula is C12H10BrClOS2. The summed E-state index contributed by atoms with van der Waals surface area (Å²) in [7, 11) is 0. The SMILES string of the molecule is OC(CSc1ccc(Br)cc1)c1sccc1Cl. The van der Waals surface area contributed by atoms with Gasteiger partial charge in [0.1, 0.15) is 0 Å². The topological polar surface area (TPSA) is 20.2 Å². The summed E-state index contributed by atoms with van der Waals surface area (Å²) in [6.07, 6.45) is -0.504. The Morgan fingerprint density at radius 2 is 2.00 bits per heavy atom. The van der Waals surface area contributed by atoms with Gasteiger partial charge in [-0.1, -0.05) is 27.5 Å². The summed E-state index contributed by atoms with van der Waals surface area (Å²) < 4.78 is 1.06. The molecular weight excluding hydrogens is 340 g/mol. The van der Waals surface area contributed by atoms with Crippen LogP contribution in [0.1, 0.15) is 11.0 Å². The third-order valence-corrected chi connectivity index (χ3v) is 5.25. The lowest BCUT2D eigenvalue weighted by atomic mass is 10.3. The summed E-state index contributed by atoms with van der Waals surface area (Å²) in [4.78, 5) is 1.98. The third-order valence-electron chi connectivity index (χ3n) is 2.17. The number of benzene rings is 1. The standard InChI is InChI=1S/C12H10BrClOS2/c13-8-1-3-9(4-2-8)17-7-11(15)12-10(14)5-6-16-12/h1-6,11,15H,7H2. The van der Waals surface area contributed by atoms with Gasteiger partial charge in [-0.15, -0.1) is 23.1 Å². The molecule has 0 radical (unpaired) electrons. The van der Waals surface area contributed by atoms with E-state index in [0.29, 0.717) is 10.8 Å². The Morgan fingerprint density at radius 1 is 1.29 bits per heavy atom. The second kappa shape index (κ2) is 6.25. The molecule has 0 fully saturated rings.